The summed E-state index contributed by atoms with van der Waals surface area (Å²) in [5.74, 6) is -0.167. The number of carbonyl (C=O) groups excluding carboxylic acids is 1. The van der Waals surface area contributed by atoms with Gasteiger partial charge in [0.05, 0.1) is 16.6 Å². The molecule has 2 aromatic heterocycles. The lowest BCUT2D eigenvalue weighted by Crippen LogP contribution is -2.37. The van der Waals surface area contributed by atoms with Crippen molar-refractivity contribution < 1.29 is 4.79 Å². The number of nitrogens with zero attached hydrogens (tertiary/aromatic N) is 4. The van der Waals surface area contributed by atoms with E-state index in [-0.39, 0.29) is 11.5 Å². The van der Waals surface area contributed by atoms with Crippen molar-refractivity contribution >= 4 is 33.3 Å². The van der Waals surface area contributed by atoms with E-state index in [0.717, 1.165) is 27.5 Å². The molecule has 0 aliphatic carbocycles. The van der Waals surface area contributed by atoms with Crippen LogP contribution in [0, 0.1) is 0 Å². The minimum absolute atomic E-state index is 0.167. The van der Waals surface area contributed by atoms with Crippen LogP contribution in [-0.2, 0) is 0 Å². The molecule has 0 aliphatic rings. The van der Waals surface area contributed by atoms with E-state index in [0.29, 0.717) is 29.9 Å². The van der Waals surface area contributed by atoms with E-state index in [9.17, 15) is 9.59 Å². The van der Waals surface area contributed by atoms with Crippen molar-refractivity contribution in [1.29, 1.82) is 0 Å². The van der Waals surface area contributed by atoms with Gasteiger partial charge in [0.15, 0.2) is 5.69 Å². The van der Waals surface area contributed by atoms with Crippen LogP contribution < -0.4 is 10.5 Å². The highest BCUT2D eigenvalue weighted by Crippen LogP contribution is 2.27. The summed E-state index contributed by atoms with van der Waals surface area (Å²) in [6, 6.07) is 22.6. The SMILES string of the molecule is CN(C)CCN(C(=O)c1n[nH]c2ccccc12)c1ccc(-c2n[nH]c(=O)c3ccccc23)cc1. The summed E-state index contributed by atoms with van der Waals surface area (Å²) < 4.78 is 0. The van der Waals surface area contributed by atoms with Crippen molar-refractivity contribution in [3.8, 4) is 11.3 Å². The van der Waals surface area contributed by atoms with E-state index in [2.05, 4.69) is 20.4 Å². The van der Waals surface area contributed by atoms with E-state index in [1.807, 2.05) is 85.7 Å². The molecule has 0 unspecified atom stereocenters. The van der Waals surface area contributed by atoms with Crippen LogP contribution in [0.4, 0.5) is 5.69 Å². The first-order chi connectivity index (χ1) is 16.5. The fourth-order valence-corrected chi connectivity index (χ4v) is 4.04. The second-order valence-corrected chi connectivity index (χ2v) is 8.37. The summed E-state index contributed by atoms with van der Waals surface area (Å²) in [6.07, 6.45) is 0. The molecule has 0 spiro atoms. The molecule has 170 valence electrons. The standard InChI is InChI=1S/C26H24N6O2/c1-31(2)15-16-32(26(34)24-21-9-5-6-10-22(21)27-29-24)18-13-11-17(12-14-18)23-19-7-3-4-8-20(19)25(33)30-28-23/h3-14H,15-16H2,1-2H3,(H,27,29)(H,30,33). The maximum atomic E-state index is 13.6. The smallest absolute Gasteiger partial charge is 0.279 e. The Balaban J connectivity index is 1.52. The van der Waals surface area contributed by atoms with Gasteiger partial charge >= 0.3 is 0 Å². The van der Waals surface area contributed by atoms with Gasteiger partial charge in [-0.3, -0.25) is 14.7 Å². The van der Waals surface area contributed by atoms with E-state index in [1.54, 1.807) is 11.0 Å². The van der Waals surface area contributed by atoms with Gasteiger partial charge in [-0.15, -0.1) is 0 Å². The highest BCUT2D eigenvalue weighted by Gasteiger charge is 2.23. The van der Waals surface area contributed by atoms with Crippen LogP contribution in [0.5, 0.6) is 0 Å². The summed E-state index contributed by atoms with van der Waals surface area (Å²) in [5.41, 5.74) is 3.29. The van der Waals surface area contributed by atoms with Crippen LogP contribution in [0.2, 0.25) is 0 Å². The molecule has 2 N–H and O–H groups in total. The van der Waals surface area contributed by atoms with Gasteiger partial charge in [0.2, 0.25) is 0 Å². The van der Waals surface area contributed by atoms with Gasteiger partial charge in [0.25, 0.3) is 11.5 Å². The Labute approximate surface area is 195 Å². The molecule has 5 aromatic rings. The summed E-state index contributed by atoms with van der Waals surface area (Å²) in [4.78, 5) is 29.5. The fraction of sp³-hybridized carbons (Fsp3) is 0.154. The molecule has 0 saturated heterocycles. The summed E-state index contributed by atoms with van der Waals surface area (Å²) >= 11 is 0. The zero-order chi connectivity index (χ0) is 23.7. The van der Waals surface area contributed by atoms with Gasteiger partial charge in [-0.2, -0.15) is 10.2 Å². The Morgan fingerprint density at radius 3 is 2.21 bits per heavy atom. The van der Waals surface area contributed by atoms with Crippen LogP contribution in [0.25, 0.3) is 32.9 Å². The maximum absolute atomic E-state index is 13.6. The van der Waals surface area contributed by atoms with Gasteiger partial charge in [-0.25, -0.2) is 5.10 Å². The van der Waals surface area contributed by atoms with Gasteiger partial charge in [0, 0.05) is 35.1 Å². The number of benzene rings is 3. The van der Waals surface area contributed by atoms with E-state index >= 15 is 0 Å². The Bertz CT molecular complexity index is 1530. The molecule has 0 bridgehead atoms. The Morgan fingerprint density at radius 1 is 0.794 bits per heavy atom. The number of aromatic nitrogens is 4. The van der Waals surface area contributed by atoms with Crippen LogP contribution >= 0.6 is 0 Å². The Hall–Kier alpha value is -4.30. The first-order valence-electron chi connectivity index (χ1n) is 11.0. The average molecular weight is 453 g/mol. The van der Waals surface area contributed by atoms with Gasteiger partial charge in [-0.1, -0.05) is 48.5 Å². The Morgan fingerprint density at radius 2 is 1.47 bits per heavy atom. The molecule has 0 aliphatic heterocycles. The molecule has 2 heterocycles. The normalized spacial score (nSPS) is 11.4. The second kappa shape index (κ2) is 8.92. The number of carbonyl (C=O) groups is 1. The summed E-state index contributed by atoms with van der Waals surface area (Å²) in [6.45, 7) is 1.20. The lowest BCUT2D eigenvalue weighted by Gasteiger charge is -2.24. The van der Waals surface area contributed by atoms with Crippen LogP contribution in [0.1, 0.15) is 10.5 Å². The molecule has 1 amide bonds. The van der Waals surface area contributed by atoms with Crippen molar-refractivity contribution in [2.45, 2.75) is 0 Å². The number of hydrogen-bond acceptors (Lipinski definition) is 5. The van der Waals surface area contributed by atoms with Crippen molar-refractivity contribution in [2.75, 3.05) is 32.1 Å². The number of amides is 1. The topological polar surface area (TPSA) is 98.0 Å². The van der Waals surface area contributed by atoms with Crippen molar-refractivity contribution in [1.82, 2.24) is 25.3 Å². The largest absolute Gasteiger partial charge is 0.308 e. The zero-order valence-electron chi connectivity index (χ0n) is 18.9. The van der Waals surface area contributed by atoms with E-state index in [1.165, 1.54) is 0 Å². The molecule has 0 saturated carbocycles. The third kappa shape index (κ3) is 3.95. The lowest BCUT2D eigenvalue weighted by molar-refractivity contribution is 0.0982. The molecular formula is C26H24N6O2. The van der Waals surface area contributed by atoms with Gasteiger partial charge in [-0.05, 0) is 38.4 Å². The lowest BCUT2D eigenvalue weighted by atomic mass is 10.0. The third-order valence-corrected chi connectivity index (χ3v) is 5.84. The number of fused-ring (bicyclic) bond motifs is 2. The molecule has 5 rings (SSSR count). The Kier molecular flexibility index (Phi) is 5.65. The molecule has 0 atom stereocenters. The maximum Gasteiger partial charge on any atom is 0.279 e. The van der Waals surface area contributed by atoms with Crippen LogP contribution in [-0.4, -0.2) is 58.4 Å². The molecule has 34 heavy (non-hydrogen) atoms. The fourth-order valence-electron chi connectivity index (χ4n) is 4.04. The molecule has 8 nitrogen and oxygen atoms in total. The average Bonchev–Trinajstić information content (AvgIpc) is 3.29. The van der Waals surface area contributed by atoms with Crippen LogP contribution in [0.3, 0.4) is 0 Å². The molecule has 8 heteroatoms. The van der Waals surface area contributed by atoms with E-state index in [4.69, 9.17) is 0 Å². The molecule has 3 aromatic carbocycles. The van der Waals surface area contributed by atoms with Crippen molar-refractivity contribution in [3.05, 3.63) is 88.8 Å². The number of nitrogens with one attached hydrogen (secondary N) is 2. The molecule has 0 radical (unpaired) electrons. The first-order valence-corrected chi connectivity index (χ1v) is 11.0. The number of rotatable bonds is 6. The summed E-state index contributed by atoms with van der Waals surface area (Å²) in [7, 11) is 3.95. The minimum Gasteiger partial charge on any atom is -0.308 e. The molecular weight excluding hydrogens is 428 g/mol. The third-order valence-electron chi connectivity index (χ3n) is 5.84. The predicted octanol–water partition coefficient (Wildman–Crippen LogP) is 3.67. The number of aromatic amines is 2. The van der Waals surface area contributed by atoms with Crippen LogP contribution in [0.15, 0.2) is 77.6 Å². The molecule has 0 fully saturated rings. The predicted molar refractivity (Wildman–Crippen MR) is 134 cm³/mol. The number of likely N-dealkylation sites (N-methyl/N-ethyl adjacent to an activating group) is 1. The quantitative estimate of drug-likeness (QED) is 0.410. The zero-order valence-corrected chi connectivity index (χ0v) is 18.9. The van der Waals surface area contributed by atoms with Gasteiger partial charge < -0.3 is 9.80 Å². The minimum atomic E-state index is -0.220. The highest BCUT2D eigenvalue weighted by atomic mass is 16.2. The highest BCUT2D eigenvalue weighted by molar-refractivity contribution is 6.12. The van der Waals surface area contributed by atoms with Crippen molar-refractivity contribution in [2.24, 2.45) is 0 Å². The number of H-pyrrole nitrogens is 2. The number of hydrogen-bond donors (Lipinski definition) is 2. The summed E-state index contributed by atoms with van der Waals surface area (Å²) in [5, 5.41) is 16.3. The number of anilines is 1. The second-order valence-electron chi connectivity index (χ2n) is 8.37. The van der Waals surface area contributed by atoms with E-state index < -0.39 is 0 Å². The van der Waals surface area contributed by atoms with Crippen molar-refractivity contribution in [3.63, 3.8) is 0 Å². The number of para-hydroxylation sites is 1. The first kappa shape index (κ1) is 21.5. The monoisotopic (exact) mass is 452 g/mol. The van der Waals surface area contributed by atoms with Gasteiger partial charge in [0.1, 0.15) is 0 Å².